The Labute approximate surface area is 166 Å². The van der Waals surface area contributed by atoms with Gasteiger partial charge in [0.1, 0.15) is 0 Å². The van der Waals surface area contributed by atoms with Crippen LogP contribution in [-0.4, -0.2) is 31.3 Å². The molecule has 0 spiro atoms. The van der Waals surface area contributed by atoms with Gasteiger partial charge in [0.15, 0.2) is 5.58 Å². The minimum atomic E-state index is -3.13. The molecule has 2 N–H and O–H groups in total. The lowest BCUT2D eigenvalue weighted by Crippen LogP contribution is -2.39. The Kier molecular flexibility index (Phi) is 6.50. The number of fused-ring (bicyclic) bond motifs is 1. The minimum absolute atomic E-state index is 0.0625. The minimum Gasteiger partial charge on any atom is -0.408 e. The third-order valence-electron chi connectivity index (χ3n) is 5.38. The summed E-state index contributed by atoms with van der Waals surface area (Å²) in [6.45, 7) is 7.28. The van der Waals surface area contributed by atoms with E-state index in [1.54, 1.807) is 11.5 Å². The number of nitrogens with zero attached hydrogens (tertiary/aromatic N) is 1. The Morgan fingerprint density at radius 3 is 2.57 bits per heavy atom. The van der Waals surface area contributed by atoms with E-state index >= 15 is 0 Å². The molecule has 7 nitrogen and oxygen atoms in total. The zero-order chi connectivity index (χ0) is 20.3. The predicted molar refractivity (Wildman–Crippen MR) is 112 cm³/mol. The van der Waals surface area contributed by atoms with Crippen LogP contribution in [0.25, 0.3) is 11.1 Å². The molecule has 3 rings (SSSR count). The van der Waals surface area contributed by atoms with E-state index < -0.39 is 10.0 Å². The van der Waals surface area contributed by atoms with E-state index in [2.05, 4.69) is 23.9 Å². The van der Waals surface area contributed by atoms with Crippen LogP contribution in [0, 0.1) is 11.8 Å². The van der Waals surface area contributed by atoms with Gasteiger partial charge in [0.05, 0.1) is 11.3 Å². The highest BCUT2D eigenvalue weighted by atomic mass is 32.2. The molecular formula is C20H31N3O4S. The van der Waals surface area contributed by atoms with E-state index in [1.165, 1.54) is 0 Å². The highest BCUT2D eigenvalue weighted by molar-refractivity contribution is 7.89. The molecule has 1 heterocycles. The average molecular weight is 410 g/mol. The summed E-state index contributed by atoms with van der Waals surface area (Å²) in [7, 11) is -3.13. The van der Waals surface area contributed by atoms with E-state index in [0.717, 1.165) is 43.4 Å². The van der Waals surface area contributed by atoms with E-state index in [9.17, 15) is 13.2 Å². The number of hydrogen-bond donors (Lipinski definition) is 2. The fourth-order valence-electron chi connectivity index (χ4n) is 3.80. The second-order valence-electron chi connectivity index (χ2n) is 8.17. The number of rotatable bonds is 8. The van der Waals surface area contributed by atoms with Crippen molar-refractivity contribution >= 4 is 26.8 Å². The molecule has 1 aromatic heterocycles. The number of nitrogens with one attached hydrogen (secondary N) is 2. The first kappa shape index (κ1) is 20.9. The summed E-state index contributed by atoms with van der Waals surface area (Å²) in [5.74, 6) is 0.698. The quantitative estimate of drug-likeness (QED) is 0.698. The van der Waals surface area contributed by atoms with Crippen molar-refractivity contribution in [1.29, 1.82) is 0 Å². The first-order valence-corrected chi connectivity index (χ1v) is 11.8. The fraction of sp³-hybridized carbons (Fsp3) is 0.650. The zero-order valence-corrected chi connectivity index (χ0v) is 17.7. The van der Waals surface area contributed by atoms with Crippen LogP contribution < -0.4 is 15.8 Å². The van der Waals surface area contributed by atoms with E-state index in [4.69, 9.17) is 4.42 Å². The highest BCUT2D eigenvalue weighted by Crippen LogP contribution is 2.26. The topological polar surface area (TPSA) is 93.3 Å². The van der Waals surface area contributed by atoms with Gasteiger partial charge in [-0.05, 0) is 56.6 Å². The summed E-state index contributed by atoms with van der Waals surface area (Å²) >= 11 is 0. The van der Waals surface area contributed by atoms with Crippen LogP contribution >= 0.6 is 0 Å². The van der Waals surface area contributed by atoms with E-state index in [0.29, 0.717) is 24.0 Å². The van der Waals surface area contributed by atoms with Crippen molar-refractivity contribution < 1.29 is 12.8 Å². The van der Waals surface area contributed by atoms with Gasteiger partial charge in [-0.15, -0.1) is 0 Å². The standard InChI is InChI=1S/C20H31N3O4S/c1-4-28(25,26)22-16-7-5-15(6-8-16)12-21-17-9-10-18-19(11-17)27-20(24)23(18)13-14(2)3/h9-11,14-16,21-22H,4-8,12-13H2,1-3H3/t15-,16-. The van der Waals surface area contributed by atoms with E-state index in [-0.39, 0.29) is 17.6 Å². The maximum absolute atomic E-state index is 12.1. The normalized spacial score (nSPS) is 20.7. The van der Waals surface area contributed by atoms with Gasteiger partial charge in [0.2, 0.25) is 10.0 Å². The second-order valence-corrected chi connectivity index (χ2v) is 10.2. The molecule has 28 heavy (non-hydrogen) atoms. The summed E-state index contributed by atoms with van der Waals surface area (Å²) in [6.07, 6.45) is 3.73. The molecule has 156 valence electrons. The third kappa shape index (κ3) is 5.17. The van der Waals surface area contributed by atoms with Crippen LogP contribution in [0.3, 0.4) is 0 Å². The molecule has 1 aromatic carbocycles. The van der Waals surface area contributed by atoms with Crippen molar-refractivity contribution in [2.24, 2.45) is 11.8 Å². The van der Waals surface area contributed by atoms with Gasteiger partial charge < -0.3 is 9.73 Å². The molecule has 1 aliphatic carbocycles. The van der Waals surface area contributed by atoms with Crippen molar-refractivity contribution in [1.82, 2.24) is 9.29 Å². The van der Waals surface area contributed by atoms with Crippen molar-refractivity contribution in [3.8, 4) is 0 Å². The van der Waals surface area contributed by atoms with Crippen LogP contribution in [0.4, 0.5) is 5.69 Å². The average Bonchev–Trinajstić information content (AvgIpc) is 2.95. The van der Waals surface area contributed by atoms with Crippen LogP contribution in [0.1, 0.15) is 46.5 Å². The summed E-state index contributed by atoms with van der Waals surface area (Å²) in [6, 6.07) is 5.86. The van der Waals surface area contributed by atoms with Gasteiger partial charge in [-0.1, -0.05) is 13.8 Å². The van der Waals surface area contributed by atoms with Crippen LogP contribution in [0.2, 0.25) is 0 Å². The van der Waals surface area contributed by atoms with Crippen molar-refractivity contribution in [2.45, 2.75) is 59.0 Å². The summed E-state index contributed by atoms with van der Waals surface area (Å²) < 4.78 is 33.3. The van der Waals surface area contributed by atoms with Crippen LogP contribution in [0.5, 0.6) is 0 Å². The number of aromatic nitrogens is 1. The van der Waals surface area contributed by atoms with Crippen molar-refractivity contribution in [2.75, 3.05) is 17.6 Å². The lowest BCUT2D eigenvalue weighted by molar-refractivity contribution is 0.324. The fourth-order valence-corrected chi connectivity index (χ4v) is 4.71. The van der Waals surface area contributed by atoms with Crippen molar-refractivity contribution in [3.05, 3.63) is 28.7 Å². The number of hydrogen-bond acceptors (Lipinski definition) is 5. The van der Waals surface area contributed by atoms with Crippen LogP contribution in [-0.2, 0) is 16.6 Å². The van der Waals surface area contributed by atoms with E-state index in [1.807, 2.05) is 18.2 Å². The molecular weight excluding hydrogens is 378 g/mol. The molecule has 0 amide bonds. The Morgan fingerprint density at radius 1 is 1.21 bits per heavy atom. The van der Waals surface area contributed by atoms with Gasteiger partial charge in [-0.25, -0.2) is 17.9 Å². The lowest BCUT2D eigenvalue weighted by Gasteiger charge is -2.29. The van der Waals surface area contributed by atoms with Gasteiger partial charge >= 0.3 is 5.76 Å². The zero-order valence-electron chi connectivity index (χ0n) is 16.9. The highest BCUT2D eigenvalue weighted by Gasteiger charge is 2.24. The second kappa shape index (κ2) is 8.69. The molecule has 1 saturated carbocycles. The molecule has 0 radical (unpaired) electrons. The van der Waals surface area contributed by atoms with Crippen LogP contribution in [0.15, 0.2) is 27.4 Å². The number of oxazole rings is 1. The lowest BCUT2D eigenvalue weighted by atomic mass is 9.86. The molecule has 1 fully saturated rings. The van der Waals surface area contributed by atoms with Gasteiger partial charge in [-0.3, -0.25) is 4.57 Å². The SMILES string of the molecule is CCS(=O)(=O)N[C@H]1CC[C@H](CNc2ccc3c(c2)oc(=O)n3CC(C)C)CC1. The molecule has 2 aromatic rings. The number of anilines is 1. The van der Waals surface area contributed by atoms with Gasteiger partial charge in [0, 0.05) is 30.9 Å². The Bertz CT molecular complexity index is 953. The number of benzene rings is 1. The largest absolute Gasteiger partial charge is 0.419 e. The first-order chi connectivity index (χ1) is 13.3. The summed E-state index contributed by atoms with van der Waals surface area (Å²) in [4.78, 5) is 12.1. The molecule has 0 saturated heterocycles. The molecule has 8 heteroatoms. The Hall–Kier alpha value is -1.80. The van der Waals surface area contributed by atoms with Gasteiger partial charge in [0.25, 0.3) is 0 Å². The maximum Gasteiger partial charge on any atom is 0.419 e. The monoisotopic (exact) mass is 409 g/mol. The summed E-state index contributed by atoms with van der Waals surface area (Å²) in [5, 5.41) is 3.44. The molecule has 0 bridgehead atoms. The Morgan fingerprint density at radius 2 is 1.93 bits per heavy atom. The predicted octanol–water partition coefficient (Wildman–Crippen LogP) is 3.16. The molecule has 1 aliphatic rings. The molecule has 0 aliphatic heterocycles. The molecule has 0 unspecified atom stereocenters. The van der Waals surface area contributed by atoms with Crippen molar-refractivity contribution in [3.63, 3.8) is 0 Å². The first-order valence-electron chi connectivity index (χ1n) is 10.1. The summed E-state index contributed by atoms with van der Waals surface area (Å²) in [5.41, 5.74) is 2.37. The molecule has 0 atom stereocenters. The Balaban J connectivity index is 1.56. The smallest absolute Gasteiger partial charge is 0.408 e. The third-order valence-corrected chi connectivity index (χ3v) is 6.84. The maximum atomic E-state index is 12.1. The van der Waals surface area contributed by atoms with Gasteiger partial charge in [-0.2, -0.15) is 0 Å². The number of sulfonamides is 1.